The van der Waals surface area contributed by atoms with Gasteiger partial charge in [0.1, 0.15) is 5.76 Å². The summed E-state index contributed by atoms with van der Waals surface area (Å²) in [5.41, 5.74) is 0. The molecule has 2 heterocycles. The van der Waals surface area contributed by atoms with Gasteiger partial charge in [-0.05, 0) is 45.0 Å². The number of furan rings is 1. The molecule has 2 atom stereocenters. The molecule has 0 spiro atoms. The molecule has 0 radical (unpaired) electrons. The molecule has 2 rings (SSSR count). The minimum absolute atomic E-state index is 0.0567. The monoisotopic (exact) mass is 279 g/mol. The molecule has 1 aliphatic rings. The summed E-state index contributed by atoms with van der Waals surface area (Å²) in [5, 5.41) is 6.41. The third-order valence-corrected chi connectivity index (χ3v) is 3.97. The Bertz CT molecular complexity index is 399. The van der Waals surface area contributed by atoms with Crippen molar-refractivity contribution < 1.29 is 9.21 Å². The van der Waals surface area contributed by atoms with Gasteiger partial charge in [-0.3, -0.25) is 9.69 Å². The molecule has 1 aliphatic heterocycles. The highest BCUT2D eigenvalue weighted by molar-refractivity contribution is 5.81. The van der Waals surface area contributed by atoms with Gasteiger partial charge >= 0.3 is 0 Å². The minimum Gasteiger partial charge on any atom is -0.467 e. The Morgan fingerprint density at radius 3 is 3.10 bits per heavy atom. The first-order valence-electron chi connectivity index (χ1n) is 7.48. The molecule has 1 saturated heterocycles. The fraction of sp³-hybridized carbons (Fsp3) is 0.667. The van der Waals surface area contributed by atoms with Crippen LogP contribution in [-0.2, 0) is 11.3 Å². The van der Waals surface area contributed by atoms with Crippen molar-refractivity contribution in [3.05, 3.63) is 24.2 Å². The Morgan fingerprint density at radius 2 is 2.50 bits per heavy atom. The van der Waals surface area contributed by atoms with Crippen molar-refractivity contribution >= 4 is 5.91 Å². The van der Waals surface area contributed by atoms with E-state index in [1.807, 2.05) is 19.1 Å². The number of carbonyl (C=O) groups is 1. The summed E-state index contributed by atoms with van der Waals surface area (Å²) in [5.74, 6) is 0.840. The summed E-state index contributed by atoms with van der Waals surface area (Å²) < 4.78 is 5.22. The van der Waals surface area contributed by atoms with E-state index in [9.17, 15) is 4.79 Å². The Hall–Kier alpha value is -1.33. The van der Waals surface area contributed by atoms with Crippen LogP contribution >= 0.6 is 0 Å². The van der Waals surface area contributed by atoms with Crippen molar-refractivity contribution in [3.63, 3.8) is 0 Å². The number of amides is 1. The molecule has 1 aromatic rings. The van der Waals surface area contributed by atoms with E-state index in [0.29, 0.717) is 12.6 Å². The number of nitrogens with zero attached hydrogens (tertiary/aromatic N) is 1. The number of hydrogen-bond donors (Lipinski definition) is 2. The maximum absolute atomic E-state index is 12.2. The molecule has 2 N–H and O–H groups in total. The molecule has 0 bridgehead atoms. The van der Waals surface area contributed by atoms with Crippen LogP contribution in [0.1, 0.15) is 32.4 Å². The summed E-state index contributed by atoms with van der Waals surface area (Å²) in [6, 6.07) is 4.10. The molecule has 0 aromatic carbocycles. The summed E-state index contributed by atoms with van der Waals surface area (Å²) in [4.78, 5) is 14.4. The molecule has 112 valence electrons. The lowest BCUT2D eigenvalue weighted by Gasteiger charge is -2.29. The maximum Gasteiger partial charge on any atom is 0.237 e. The van der Waals surface area contributed by atoms with Gasteiger partial charge in [0, 0.05) is 12.6 Å². The molecule has 5 nitrogen and oxygen atoms in total. The van der Waals surface area contributed by atoms with E-state index in [1.165, 1.54) is 12.8 Å². The molecular weight excluding hydrogens is 254 g/mol. The van der Waals surface area contributed by atoms with Crippen molar-refractivity contribution in [2.75, 3.05) is 19.6 Å². The molecule has 20 heavy (non-hydrogen) atoms. The number of hydrogen-bond acceptors (Lipinski definition) is 4. The predicted molar refractivity (Wildman–Crippen MR) is 78.3 cm³/mol. The van der Waals surface area contributed by atoms with Gasteiger partial charge in [-0.2, -0.15) is 0 Å². The van der Waals surface area contributed by atoms with Crippen LogP contribution in [0.15, 0.2) is 22.8 Å². The van der Waals surface area contributed by atoms with Crippen LogP contribution in [-0.4, -0.2) is 42.5 Å². The maximum atomic E-state index is 12.2. The zero-order valence-corrected chi connectivity index (χ0v) is 12.4. The second kappa shape index (κ2) is 7.45. The lowest BCUT2D eigenvalue weighted by molar-refractivity contribution is -0.126. The molecule has 5 heteroatoms. The van der Waals surface area contributed by atoms with Gasteiger partial charge in [-0.15, -0.1) is 0 Å². The Kier molecular flexibility index (Phi) is 5.61. The van der Waals surface area contributed by atoms with Crippen LogP contribution in [0.3, 0.4) is 0 Å². The molecule has 1 fully saturated rings. The average molecular weight is 279 g/mol. The minimum atomic E-state index is -0.114. The van der Waals surface area contributed by atoms with Gasteiger partial charge in [0.25, 0.3) is 0 Å². The Balaban J connectivity index is 1.80. The first-order chi connectivity index (χ1) is 9.70. The van der Waals surface area contributed by atoms with E-state index in [-0.39, 0.29) is 11.9 Å². The van der Waals surface area contributed by atoms with Gasteiger partial charge in [-0.25, -0.2) is 0 Å². The quantitative estimate of drug-likeness (QED) is 0.791. The highest BCUT2D eigenvalue weighted by Crippen LogP contribution is 2.09. The predicted octanol–water partition coefficient (Wildman–Crippen LogP) is 1.36. The average Bonchev–Trinajstić information content (AvgIpc) is 3.14. The van der Waals surface area contributed by atoms with Gasteiger partial charge in [-0.1, -0.05) is 6.92 Å². The van der Waals surface area contributed by atoms with Crippen molar-refractivity contribution in [2.24, 2.45) is 0 Å². The number of carbonyl (C=O) groups excluding carboxylic acids is 1. The largest absolute Gasteiger partial charge is 0.467 e. The van der Waals surface area contributed by atoms with Crippen LogP contribution in [0, 0.1) is 0 Å². The molecule has 2 unspecified atom stereocenters. The fourth-order valence-corrected chi connectivity index (χ4v) is 2.66. The van der Waals surface area contributed by atoms with E-state index in [2.05, 4.69) is 22.5 Å². The highest BCUT2D eigenvalue weighted by atomic mass is 16.3. The third-order valence-electron chi connectivity index (χ3n) is 3.97. The summed E-state index contributed by atoms with van der Waals surface area (Å²) in [6.45, 7) is 7.44. The van der Waals surface area contributed by atoms with Crippen LogP contribution in [0.5, 0.6) is 0 Å². The normalized spacial score (nSPS) is 20.2. The van der Waals surface area contributed by atoms with E-state index < -0.39 is 0 Å². The first-order valence-corrected chi connectivity index (χ1v) is 7.48. The zero-order valence-electron chi connectivity index (χ0n) is 12.4. The van der Waals surface area contributed by atoms with Crippen LogP contribution < -0.4 is 10.6 Å². The Labute approximate surface area is 120 Å². The molecule has 1 amide bonds. The Morgan fingerprint density at radius 1 is 1.65 bits per heavy atom. The lowest BCUT2D eigenvalue weighted by Crippen LogP contribution is -2.48. The van der Waals surface area contributed by atoms with E-state index in [1.54, 1.807) is 6.26 Å². The smallest absolute Gasteiger partial charge is 0.237 e. The van der Waals surface area contributed by atoms with Crippen molar-refractivity contribution in [3.8, 4) is 0 Å². The SMILES string of the molecule is CCN(CC1CCCN1)C(C)C(=O)NCc1ccco1. The van der Waals surface area contributed by atoms with Crippen LogP contribution in [0.2, 0.25) is 0 Å². The zero-order chi connectivity index (χ0) is 14.4. The first kappa shape index (κ1) is 15.1. The van der Waals surface area contributed by atoms with Gasteiger partial charge in [0.05, 0.1) is 18.8 Å². The van der Waals surface area contributed by atoms with Crippen LogP contribution in [0.25, 0.3) is 0 Å². The second-order valence-corrected chi connectivity index (χ2v) is 5.35. The van der Waals surface area contributed by atoms with E-state index >= 15 is 0 Å². The van der Waals surface area contributed by atoms with Gasteiger partial charge in [0.2, 0.25) is 5.91 Å². The summed E-state index contributed by atoms with van der Waals surface area (Å²) in [6.07, 6.45) is 4.06. The van der Waals surface area contributed by atoms with Crippen molar-refractivity contribution in [1.29, 1.82) is 0 Å². The van der Waals surface area contributed by atoms with E-state index in [4.69, 9.17) is 4.42 Å². The summed E-state index contributed by atoms with van der Waals surface area (Å²) in [7, 11) is 0. The molecule has 0 aliphatic carbocycles. The van der Waals surface area contributed by atoms with Crippen molar-refractivity contribution in [2.45, 2.75) is 45.3 Å². The molecule has 1 aromatic heterocycles. The lowest BCUT2D eigenvalue weighted by atomic mass is 10.1. The van der Waals surface area contributed by atoms with Crippen LogP contribution in [0.4, 0.5) is 0 Å². The van der Waals surface area contributed by atoms with Crippen molar-refractivity contribution in [1.82, 2.24) is 15.5 Å². The number of nitrogens with one attached hydrogen (secondary N) is 2. The second-order valence-electron chi connectivity index (χ2n) is 5.35. The summed E-state index contributed by atoms with van der Waals surface area (Å²) >= 11 is 0. The highest BCUT2D eigenvalue weighted by Gasteiger charge is 2.24. The van der Waals surface area contributed by atoms with Gasteiger partial charge in [0.15, 0.2) is 0 Å². The fourth-order valence-electron chi connectivity index (χ4n) is 2.66. The molecular formula is C15H25N3O2. The van der Waals surface area contributed by atoms with E-state index in [0.717, 1.165) is 25.4 Å². The number of likely N-dealkylation sites (N-methyl/N-ethyl adjacent to an activating group) is 1. The third kappa shape index (κ3) is 4.08. The number of rotatable bonds is 7. The molecule has 0 saturated carbocycles. The van der Waals surface area contributed by atoms with Gasteiger partial charge < -0.3 is 15.1 Å². The topological polar surface area (TPSA) is 57.5 Å². The standard InChI is InChI=1S/C15H25N3O2/c1-3-18(11-13-6-4-8-16-13)12(2)15(19)17-10-14-7-5-9-20-14/h5,7,9,12-13,16H,3-4,6,8,10-11H2,1-2H3,(H,17,19).